The first-order valence-corrected chi connectivity index (χ1v) is 13.0. The lowest BCUT2D eigenvalue weighted by Gasteiger charge is -2.30. The normalized spacial score (nSPS) is 22.0. The van der Waals surface area contributed by atoms with Gasteiger partial charge < -0.3 is 14.8 Å². The van der Waals surface area contributed by atoms with Gasteiger partial charge in [-0.15, -0.1) is 4.36 Å². The third-order valence-corrected chi connectivity index (χ3v) is 8.11. The first-order valence-electron chi connectivity index (χ1n) is 11.4. The molecule has 0 saturated carbocycles. The minimum absolute atomic E-state index is 0.104. The number of benzene rings is 1. The largest absolute Gasteiger partial charge is 0.476 e. The highest BCUT2D eigenvalue weighted by atomic mass is 32.2. The highest BCUT2D eigenvalue weighted by Crippen LogP contribution is 2.44. The van der Waals surface area contributed by atoms with Gasteiger partial charge in [-0.25, -0.2) is 18.8 Å². The summed E-state index contributed by atoms with van der Waals surface area (Å²) in [6.45, 7) is 5.75. The Kier molecular flexibility index (Phi) is 5.49. The van der Waals surface area contributed by atoms with Crippen LogP contribution in [0.2, 0.25) is 0 Å². The fourth-order valence-electron chi connectivity index (χ4n) is 5.31. The molecule has 2 aromatic rings. The summed E-state index contributed by atoms with van der Waals surface area (Å²) >= 11 is 0. The maximum Gasteiger partial charge on any atom is 0.354 e. The third kappa shape index (κ3) is 4.04. The number of aryl methyl sites for hydroxylation is 2. The van der Waals surface area contributed by atoms with Gasteiger partial charge in [0.2, 0.25) is 5.88 Å². The number of carbonyl (C=O) groups is 1. The summed E-state index contributed by atoms with van der Waals surface area (Å²) in [4.78, 5) is 13.2. The molecule has 33 heavy (non-hydrogen) atoms. The van der Waals surface area contributed by atoms with Crippen molar-refractivity contribution in [3.8, 4) is 5.88 Å². The number of carbonyl (C=O) groups excluding carboxylic acids is 1. The van der Waals surface area contributed by atoms with Crippen molar-refractivity contribution >= 4 is 21.6 Å². The van der Waals surface area contributed by atoms with E-state index in [1.165, 1.54) is 17.3 Å². The highest BCUT2D eigenvalue weighted by molar-refractivity contribution is 7.91. The van der Waals surface area contributed by atoms with Crippen molar-refractivity contribution in [1.29, 1.82) is 0 Å². The Balaban J connectivity index is 1.48. The molecule has 3 aliphatic rings. The molecule has 2 atom stereocenters. The first kappa shape index (κ1) is 22.4. The minimum atomic E-state index is -3.54. The van der Waals surface area contributed by atoms with Crippen molar-refractivity contribution < 1.29 is 18.5 Å². The van der Waals surface area contributed by atoms with Gasteiger partial charge in [0.25, 0.3) is 0 Å². The van der Waals surface area contributed by atoms with Crippen LogP contribution in [0.5, 0.6) is 5.88 Å². The molecule has 10 heteroatoms. The number of nitrogens with two attached hydrogens (primary N) is 1. The van der Waals surface area contributed by atoms with Gasteiger partial charge >= 0.3 is 6.03 Å². The molecule has 0 saturated heterocycles. The summed E-state index contributed by atoms with van der Waals surface area (Å²) in [5.74, 6) is 0.535. The molecule has 2 heterocycles. The van der Waals surface area contributed by atoms with Gasteiger partial charge in [0, 0.05) is 24.1 Å². The van der Waals surface area contributed by atoms with E-state index in [2.05, 4.69) is 34.7 Å². The Bertz CT molecular complexity index is 1240. The second kappa shape index (κ2) is 8.11. The topological polar surface area (TPSA) is 121 Å². The van der Waals surface area contributed by atoms with Crippen LogP contribution in [0.4, 0.5) is 10.5 Å². The van der Waals surface area contributed by atoms with Crippen molar-refractivity contribution in [1.82, 2.24) is 9.78 Å². The summed E-state index contributed by atoms with van der Waals surface area (Å²) in [7, 11) is -1.84. The number of aromatic nitrogens is 2. The molecule has 1 aromatic heterocycles. The van der Waals surface area contributed by atoms with E-state index in [-0.39, 0.29) is 16.2 Å². The Morgan fingerprint density at radius 2 is 2.21 bits per heavy atom. The van der Waals surface area contributed by atoms with Gasteiger partial charge in [0.1, 0.15) is 4.90 Å². The number of urea groups is 1. The minimum Gasteiger partial charge on any atom is -0.476 e. The van der Waals surface area contributed by atoms with E-state index in [0.29, 0.717) is 25.6 Å². The van der Waals surface area contributed by atoms with Crippen LogP contribution < -0.4 is 15.2 Å². The predicted molar refractivity (Wildman–Crippen MR) is 125 cm³/mol. The van der Waals surface area contributed by atoms with E-state index in [1.54, 1.807) is 11.8 Å². The van der Waals surface area contributed by atoms with Crippen LogP contribution in [0.15, 0.2) is 21.5 Å². The van der Waals surface area contributed by atoms with Crippen molar-refractivity contribution in [2.24, 2.45) is 14.9 Å². The number of nitrogens with zero attached hydrogens (tertiary/aromatic N) is 3. The standard InChI is InChI=1S/C23H31N5O4S/c1-23(2)12-28-21(32-13-23)18(10-25-28)33(24,30)27-22(29)26-20-17-6-4-5-14(17)9-15-7-8-16(11-31-3)19(15)20/h9-10,16H,4-8,11-13H2,1-3H3,(H3,24,26,27,29,30)/t16-,33?/m1/s1. The summed E-state index contributed by atoms with van der Waals surface area (Å²) in [6, 6.07) is 1.56. The van der Waals surface area contributed by atoms with Gasteiger partial charge in [0.05, 0.1) is 26.0 Å². The highest BCUT2D eigenvalue weighted by Gasteiger charge is 2.33. The Labute approximate surface area is 194 Å². The van der Waals surface area contributed by atoms with Crippen LogP contribution in [0.3, 0.4) is 0 Å². The number of amides is 2. The zero-order chi connectivity index (χ0) is 23.4. The van der Waals surface area contributed by atoms with E-state index in [1.807, 2.05) is 0 Å². The van der Waals surface area contributed by atoms with E-state index >= 15 is 0 Å². The van der Waals surface area contributed by atoms with Gasteiger partial charge in [0.15, 0.2) is 9.92 Å². The zero-order valence-electron chi connectivity index (χ0n) is 19.3. The van der Waals surface area contributed by atoms with E-state index < -0.39 is 15.9 Å². The zero-order valence-corrected chi connectivity index (χ0v) is 20.2. The molecule has 2 aliphatic carbocycles. The average Bonchev–Trinajstić information content (AvgIpc) is 3.45. The van der Waals surface area contributed by atoms with Crippen molar-refractivity contribution in [3.63, 3.8) is 0 Å². The molecule has 2 amide bonds. The van der Waals surface area contributed by atoms with Crippen LogP contribution in [0.25, 0.3) is 0 Å². The van der Waals surface area contributed by atoms with Gasteiger partial charge in [-0.2, -0.15) is 5.10 Å². The second-order valence-electron chi connectivity index (χ2n) is 10.0. The Morgan fingerprint density at radius 3 is 3.00 bits per heavy atom. The van der Waals surface area contributed by atoms with Gasteiger partial charge in [-0.3, -0.25) is 0 Å². The summed E-state index contributed by atoms with van der Waals surface area (Å²) in [5, 5.41) is 13.3. The number of rotatable bonds is 4. The lowest BCUT2D eigenvalue weighted by molar-refractivity contribution is 0.0972. The van der Waals surface area contributed by atoms with Crippen LogP contribution in [-0.2, 0) is 40.5 Å². The lowest BCUT2D eigenvalue weighted by atomic mass is 9.94. The molecule has 9 nitrogen and oxygen atoms in total. The maximum absolute atomic E-state index is 13.3. The second-order valence-corrected chi connectivity index (χ2v) is 11.8. The molecule has 0 fully saturated rings. The smallest absolute Gasteiger partial charge is 0.354 e. The molecule has 1 unspecified atom stereocenters. The van der Waals surface area contributed by atoms with E-state index in [9.17, 15) is 9.00 Å². The van der Waals surface area contributed by atoms with Crippen LogP contribution in [0.1, 0.15) is 54.9 Å². The van der Waals surface area contributed by atoms with Crippen molar-refractivity contribution in [3.05, 3.63) is 34.5 Å². The van der Waals surface area contributed by atoms with Crippen LogP contribution in [0, 0.1) is 5.41 Å². The molecular weight excluding hydrogens is 442 g/mol. The molecule has 1 aliphatic heterocycles. The average molecular weight is 474 g/mol. The molecule has 5 rings (SSSR count). The number of ether oxygens (including phenoxy) is 2. The summed E-state index contributed by atoms with van der Waals surface area (Å²) in [5.41, 5.74) is 5.50. The van der Waals surface area contributed by atoms with Crippen LogP contribution >= 0.6 is 0 Å². The monoisotopic (exact) mass is 473 g/mol. The molecule has 1 aromatic carbocycles. The Hall–Kier alpha value is -2.43. The summed E-state index contributed by atoms with van der Waals surface area (Å²) in [6.07, 6.45) is 6.29. The van der Waals surface area contributed by atoms with Crippen molar-refractivity contribution in [2.45, 2.75) is 63.3 Å². The molecule has 3 N–H and O–H groups in total. The Morgan fingerprint density at radius 1 is 1.39 bits per heavy atom. The maximum atomic E-state index is 13.3. The number of hydrogen-bond acceptors (Lipinski definition) is 5. The SMILES string of the molecule is COC[C@H]1CCc2cc3c(c(NC(=O)N=S(N)(=O)c4cnn5c4OCC(C)(C)C5)c21)CCC3. The van der Waals surface area contributed by atoms with Crippen LogP contribution in [-0.4, -0.2) is 40.3 Å². The number of nitrogens with one attached hydrogen (secondary N) is 1. The summed E-state index contributed by atoms with van der Waals surface area (Å²) < 4.78 is 30.1. The number of hydrogen-bond donors (Lipinski definition) is 2. The third-order valence-electron chi connectivity index (χ3n) is 6.77. The van der Waals surface area contributed by atoms with Gasteiger partial charge in [-0.05, 0) is 54.4 Å². The quantitative estimate of drug-likeness (QED) is 0.705. The number of methoxy groups -OCH3 is 1. The van der Waals surface area contributed by atoms with Crippen molar-refractivity contribution in [2.75, 3.05) is 25.6 Å². The lowest BCUT2D eigenvalue weighted by Crippen LogP contribution is -2.33. The fraction of sp³-hybridized carbons (Fsp3) is 0.565. The molecular formula is C23H31N5O4S. The fourth-order valence-corrected chi connectivity index (χ4v) is 6.32. The van der Waals surface area contributed by atoms with Gasteiger partial charge in [-0.1, -0.05) is 19.9 Å². The number of fused-ring (bicyclic) bond motifs is 3. The molecule has 0 bridgehead atoms. The number of anilines is 1. The molecule has 0 radical (unpaired) electrons. The first-order chi connectivity index (χ1) is 15.7. The molecule has 178 valence electrons. The van der Waals surface area contributed by atoms with E-state index in [0.717, 1.165) is 48.9 Å². The van der Waals surface area contributed by atoms with E-state index in [4.69, 9.17) is 14.6 Å². The molecule has 0 spiro atoms. The predicted octanol–water partition coefficient (Wildman–Crippen LogP) is 3.40.